The molecule has 6 rings (SSSR count). The van der Waals surface area contributed by atoms with Crippen LogP contribution >= 0.6 is 11.8 Å². The van der Waals surface area contributed by atoms with Gasteiger partial charge in [0, 0.05) is 72.8 Å². The number of hydrogen-bond acceptors (Lipinski definition) is 4. The summed E-state index contributed by atoms with van der Waals surface area (Å²) in [5.74, 6) is 0.951. The molecule has 0 aliphatic carbocycles. The molecule has 0 atom stereocenters. The van der Waals surface area contributed by atoms with E-state index < -0.39 is 0 Å². The van der Waals surface area contributed by atoms with Gasteiger partial charge in [-0.2, -0.15) is 0 Å². The molecule has 0 saturated heterocycles. The van der Waals surface area contributed by atoms with Crippen molar-refractivity contribution in [1.82, 2.24) is 19.0 Å². The Kier molecular flexibility index (Phi) is 5.35. The fraction of sp³-hybridized carbons (Fsp3) is 0.333. The van der Waals surface area contributed by atoms with Crippen LogP contribution in [0.5, 0.6) is 0 Å². The average molecular weight is 457 g/mol. The van der Waals surface area contributed by atoms with E-state index in [2.05, 4.69) is 64.1 Å². The molecule has 33 heavy (non-hydrogen) atoms. The molecule has 4 aromatic rings. The molecule has 6 heteroatoms. The number of aryl methyl sites for hydroxylation is 1. The standard InChI is InChI=1S/C27H28N4OS/c1-19-21(26(32)30-15-16-33-27(30)28-19)11-13-29-14-12-25-23(18-29)22-9-5-6-10-24(22)31(25)17-20-7-3-2-4-8-20/h2-10H,11-18H2,1H3. The molecule has 2 aromatic carbocycles. The molecule has 0 N–H and O–H groups in total. The van der Waals surface area contributed by atoms with Crippen molar-refractivity contribution in [1.29, 1.82) is 0 Å². The summed E-state index contributed by atoms with van der Waals surface area (Å²) >= 11 is 1.69. The van der Waals surface area contributed by atoms with E-state index in [1.807, 2.05) is 11.5 Å². The number of nitrogens with zero attached hydrogens (tertiary/aromatic N) is 4. The maximum atomic E-state index is 13.0. The number of aromatic nitrogens is 3. The van der Waals surface area contributed by atoms with Gasteiger partial charge in [0.05, 0.1) is 0 Å². The van der Waals surface area contributed by atoms with E-state index in [1.54, 1.807) is 11.8 Å². The zero-order valence-electron chi connectivity index (χ0n) is 19.0. The topological polar surface area (TPSA) is 43.1 Å². The summed E-state index contributed by atoms with van der Waals surface area (Å²) in [5, 5.41) is 2.25. The first-order valence-corrected chi connectivity index (χ1v) is 12.8. The van der Waals surface area contributed by atoms with Crippen LogP contribution in [-0.2, 0) is 32.5 Å². The molecule has 0 spiro atoms. The Morgan fingerprint density at radius 2 is 1.85 bits per heavy atom. The van der Waals surface area contributed by atoms with E-state index in [-0.39, 0.29) is 5.56 Å². The number of rotatable bonds is 5. The largest absolute Gasteiger partial charge is 0.340 e. The van der Waals surface area contributed by atoms with Gasteiger partial charge in [-0.3, -0.25) is 14.3 Å². The number of para-hydroxylation sites is 1. The van der Waals surface area contributed by atoms with Gasteiger partial charge in [0.1, 0.15) is 0 Å². The van der Waals surface area contributed by atoms with Crippen molar-refractivity contribution in [3.63, 3.8) is 0 Å². The summed E-state index contributed by atoms with van der Waals surface area (Å²) in [4.78, 5) is 20.2. The Balaban J connectivity index is 1.27. The monoisotopic (exact) mass is 456 g/mol. The number of fused-ring (bicyclic) bond motifs is 4. The summed E-state index contributed by atoms with van der Waals surface area (Å²) in [6.07, 6.45) is 1.80. The van der Waals surface area contributed by atoms with E-state index in [9.17, 15) is 4.79 Å². The van der Waals surface area contributed by atoms with Crippen molar-refractivity contribution in [3.05, 3.63) is 93.0 Å². The zero-order chi connectivity index (χ0) is 22.4. The van der Waals surface area contributed by atoms with Gasteiger partial charge >= 0.3 is 0 Å². The summed E-state index contributed by atoms with van der Waals surface area (Å²) in [6, 6.07) is 19.5. The minimum atomic E-state index is 0.166. The van der Waals surface area contributed by atoms with Crippen LogP contribution in [0.15, 0.2) is 64.5 Å². The van der Waals surface area contributed by atoms with Crippen LogP contribution in [0.2, 0.25) is 0 Å². The third kappa shape index (κ3) is 3.71. The highest BCUT2D eigenvalue weighted by Crippen LogP contribution is 2.32. The van der Waals surface area contributed by atoms with Gasteiger partial charge in [0.2, 0.25) is 0 Å². The molecular formula is C27H28N4OS. The molecule has 0 unspecified atom stereocenters. The van der Waals surface area contributed by atoms with Crippen molar-refractivity contribution in [3.8, 4) is 0 Å². The molecule has 168 valence electrons. The van der Waals surface area contributed by atoms with Gasteiger partial charge in [-0.15, -0.1) is 0 Å². The van der Waals surface area contributed by atoms with Crippen LogP contribution in [0.25, 0.3) is 10.9 Å². The first kappa shape index (κ1) is 20.8. The first-order chi connectivity index (χ1) is 16.2. The van der Waals surface area contributed by atoms with E-state index in [4.69, 9.17) is 4.98 Å². The number of thioether (sulfide) groups is 1. The molecule has 2 aliphatic rings. The van der Waals surface area contributed by atoms with E-state index in [0.717, 1.165) is 67.7 Å². The third-order valence-corrected chi connectivity index (χ3v) is 8.04. The quantitative estimate of drug-likeness (QED) is 0.421. The van der Waals surface area contributed by atoms with Crippen molar-refractivity contribution >= 4 is 22.7 Å². The summed E-state index contributed by atoms with van der Waals surface area (Å²) in [7, 11) is 0. The maximum absolute atomic E-state index is 13.0. The molecule has 2 aromatic heterocycles. The van der Waals surface area contributed by atoms with Gasteiger partial charge in [0.15, 0.2) is 5.16 Å². The SMILES string of the molecule is Cc1nc2n(c(=O)c1CCN1CCc3c(c4ccccc4n3Cc3ccccc3)C1)CCS2. The van der Waals surface area contributed by atoms with Crippen LogP contribution in [0, 0.1) is 6.92 Å². The summed E-state index contributed by atoms with van der Waals surface area (Å²) in [5.41, 5.74) is 7.52. The summed E-state index contributed by atoms with van der Waals surface area (Å²) in [6.45, 7) is 6.53. The average Bonchev–Trinajstić information content (AvgIpc) is 3.43. The Morgan fingerprint density at radius 1 is 1.03 bits per heavy atom. The van der Waals surface area contributed by atoms with Crippen molar-refractivity contribution in [2.45, 2.75) is 44.6 Å². The summed E-state index contributed by atoms with van der Waals surface area (Å²) < 4.78 is 4.37. The molecule has 5 nitrogen and oxygen atoms in total. The predicted octanol–water partition coefficient (Wildman–Crippen LogP) is 4.26. The highest BCUT2D eigenvalue weighted by Gasteiger charge is 2.25. The Labute approximate surface area is 198 Å². The maximum Gasteiger partial charge on any atom is 0.257 e. The lowest BCUT2D eigenvalue weighted by Crippen LogP contribution is -2.34. The number of benzene rings is 2. The smallest absolute Gasteiger partial charge is 0.257 e. The van der Waals surface area contributed by atoms with Crippen LogP contribution in [0.1, 0.15) is 28.1 Å². The normalized spacial score (nSPS) is 15.7. The highest BCUT2D eigenvalue weighted by molar-refractivity contribution is 7.99. The fourth-order valence-electron chi connectivity index (χ4n) is 5.36. The van der Waals surface area contributed by atoms with Gasteiger partial charge in [-0.05, 0) is 30.5 Å². The zero-order valence-corrected chi connectivity index (χ0v) is 19.8. The Morgan fingerprint density at radius 3 is 2.73 bits per heavy atom. The van der Waals surface area contributed by atoms with Crippen LogP contribution in [0.3, 0.4) is 0 Å². The van der Waals surface area contributed by atoms with E-state index in [1.165, 1.54) is 27.7 Å². The molecule has 0 bridgehead atoms. The molecule has 4 heterocycles. The molecule has 0 radical (unpaired) electrons. The van der Waals surface area contributed by atoms with E-state index in [0.29, 0.717) is 0 Å². The number of hydrogen-bond donors (Lipinski definition) is 0. The molecule has 0 fully saturated rings. The predicted molar refractivity (Wildman–Crippen MR) is 134 cm³/mol. The molecular weight excluding hydrogens is 428 g/mol. The van der Waals surface area contributed by atoms with Crippen LogP contribution in [0.4, 0.5) is 0 Å². The van der Waals surface area contributed by atoms with Crippen LogP contribution in [-0.4, -0.2) is 37.9 Å². The van der Waals surface area contributed by atoms with Gasteiger partial charge < -0.3 is 4.57 Å². The van der Waals surface area contributed by atoms with Gasteiger partial charge in [0.25, 0.3) is 5.56 Å². The lowest BCUT2D eigenvalue weighted by molar-refractivity contribution is 0.254. The lowest BCUT2D eigenvalue weighted by atomic mass is 10.0. The molecule has 0 amide bonds. The highest BCUT2D eigenvalue weighted by atomic mass is 32.2. The van der Waals surface area contributed by atoms with Crippen molar-refractivity contribution in [2.75, 3.05) is 18.8 Å². The van der Waals surface area contributed by atoms with Crippen LogP contribution < -0.4 is 5.56 Å². The fourth-order valence-corrected chi connectivity index (χ4v) is 6.35. The van der Waals surface area contributed by atoms with Gasteiger partial charge in [-0.1, -0.05) is 60.3 Å². The second kappa shape index (κ2) is 8.50. The molecule has 0 saturated carbocycles. The van der Waals surface area contributed by atoms with Crippen molar-refractivity contribution < 1.29 is 0 Å². The molecule has 2 aliphatic heterocycles. The minimum Gasteiger partial charge on any atom is -0.340 e. The first-order valence-electron chi connectivity index (χ1n) is 11.8. The minimum absolute atomic E-state index is 0.166. The van der Waals surface area contributed by atoms with Gasteiger partial charge in [-0.25, -0.2) is 4.98 Å². The third-order valence-electron chi connectivity index (χ3n) is 7.08. The lowest BCUT2D eigenvalue weighted by Gasteiger charge is -2.28. The van der Waals surface area contributed by atoms with E-state index >= 15 is 0 Å². The second-order valence-corrected chi connectivity index (χ2v) is 10.1. The van der Waals surface area contributed by atoms with Crippen molar-refractivity contribution in [2.24, 2.45) is 0 Å². The Hall–Kier alpha value is -2.83. The Bertz CT molecular complexity index is 1390. The second-order valence-electron chi connectivity index (χ2n) is 9.05.